The molecule has 2 aromatic rings. The predicted octanol–water partition coefficient (Wildman–Crippen LogP) is 2.68. The minimum Gasteiger partial charge on any atom is -0.379 e. The summed E-state index contributed by atoms with van der Waals surface area (Å²) in [5.74, 6) is -1.87. The molecular weight excluding hydrogens is 250 g/mol. The monoisotopic (exact) mass is 262 g/mol. The van der Waals surface area contributed by atoms with Gasteiger partial charge in [-0.2, -0.15) is 0 Å². The highest BCUT2D eigenvalue weighted by atomic mass is 19.1. The van der Waals surface area contributed by atoms with E-state index in [1.807, 2.05) is 0 Å². The van der Waals surface area contributed by atoms with Gasteiger partial charge in [-0.05, 0) is 23.8 Å². The van der Waals surface area contributed by atoms with E-state index in [1.165, 1.54) is 6.07 Å². The van der Waals surface area contributed by atoms with E-state index in [0.29, 0.717) is 11.1 Å². The Morgan fingerprint density at radius 3 is 2.58 bits per heavy atom. The van der Waals surface area contributed by atoms with Crippen LogP contribution in [0.3, 0.4) is 0 Å². The third-order valence-electron chi connectivity index (χ3n) is 2.68. The first-order valence-corrected chi connectivity index (χ1v) is 5.64. The highest BCUT2D eigenvalue weighted by Gasteiger charge is 2.08. The van der Waals surface area contributed by atoms with Crippen molar-refractivity contribution in [2.24, 2.45) is 5.73 Å². The molecule has 98 valence electrons. The number of hydrogen-bond acceptors (Lipinski definition) is 2. The molecule has 0 atom stereocenters. The predicted molar refractivity (Wildman–Crippen MR) is 68.6 cm³/mol. The molecule has 0 bridgehead atoms. The summed E-state index contributed by atoms with van der Waals surface area (Å²) in [6.07, 6.45) is 0. The molecule has 3 N–H and O–H groups in total. The van der Waals surface area contributed by atoms with E-state index in [9.17, 15) is 13.6 Å². The quantitative estimate of drug-likeness (QED) is 0.890. The van der Waals surface area contributed by atoms with Crippen LogP contribution < -0.4 is 11.1 Å². The van der Waals surface area contributed by atoms with Crippen LogP contribution >= 0.6 is 0 Å². The summed E-state index contributed by atoms with van der Waals surface area (Å²) < 4.78 is 26.2. The number of carbonyl (C=O) groups excluding carboxylic acids is 1. The van der Waals surface area contributed by atoms with Crippen molar-refractivity contribution in [2.75, 3.05) is 5.32 Å². The zero-order valence-corrected chi connectivity index (χ0v) is 9.99. The molecule has 0 spiro atoms. The van der Waals surface area contributed by atoms with E-state index >= 15 is 0 Å². The molecule has 0 aromatic heterocycles. The summed E-state index contributed by atoms with van der Waals surface area (Å²) >= 11 is 0. The summed E-state index contributed by atoms with van der Waals surface area (Å²) in [4.78, 5) is 11.2. The molecule has 2 aromatic carbocycles. The largest absolute Gasteiger partial charge is 0.379 e. The van der Waals surface area contributed by atoms with Crippen molar-refractivity contribution < 1.29 is 13.6 Å². The second-order valence-electron chi connectivity index (χ2n) is 4.00. The molecule has 3 nitrogen and oxygen atoms in total. The number of amides is 1. The molecule has 0 unspecified atom stereocenters. The minimum absolute atomic E-state index is 0.167. The first-order valence-electron chi connectivity index (χ1n) is 5.64. The van der Waals surface area contributed by atoms with Crippen LogP contribution in [-0.4, -0.2) is 5.91 Å². The van der Waals surface area contributed by atoms with Crippen LogP contribution in [0.15, 0.2) is 42.5 Å². The normalized spacial score (nSPS) is 10.2. The van der Waals surface area contributed by atoms with Gasteiger partial charge in [-0.15, -0.1) is 0 Å². The lowest BCUT2D eigenvalue weighted by Crippen LogP contribution is -2.15. The molecule has 0 radical (unpaired) electrons. The van der Waals surface area contributed by atoms with Crippen LogP contribution in [0.4, 0.5) is 14.5 Å². The fourth-order valence-electron chi connectivity index (χ4n) is 1.74. The number of primary amides is 1. The van der Waals surface area contributed by atoms with Crippen molar-refractivity contribution in [3.05, 3.63) is 65.2 Å². The fourth-order valence-corrected chi connectivity index (χ4v) is 1.74. The Morgan fingerprint density at radius 1 is 1.16 bits per heavy atom. The van der Waals surface area contributed by atoms with Gasteiger partial charge in [0.1, 0.15) is 11.6 Å². The van der Waals surface area contributed by atoms with Crippen molar-refractivity contribution in [1.29, 1.82) is 0 Å². The Labute approximate surface area is 109 Å². The van der Waals surface area contributed by atoms with Gasteiger partial charge >= 0.3 is 0 Å². The van der Waals surface area contributed by atoms with Gasteiger partial charge in [-0.3, -0.25) is 4.79 Å². The maximum absolute atomic E-state index is 13.4. The number of hydrogen-bond donors (Lipinski definition) is 2. The van der Waals surface area contributed by atoms with Crippen molar-refractivity contribution in [1.82, 2.24) is 0 Å². The lowest BCUT2D eigenvalue weighted by molar-refractivity contribution is 0.0999. The smallest absolute Gasteiger partial charge is 0.249 e. The second kappa shape index (κ2) is 5.48. The summed E-state index contributed by atoms with van der Waals surface area (Å²) in [6, 6.07) is 10.0. The third-order valence-corrected chi connectivity index (χ3v) is 2.68. The molecule has 1 amide bonds. The van der Waals surface area contributed by atoms with Crippen LogP contribution in [0.2, 0.25) is 0 Å². The zero-order chi connectivity index (χ0) is 13.8. The van der Waals surface area contributed by atoms with Crippen LogP contribution in [0.5, 0.6) is 0 Å². The first-order chi connectivity index (χ1) is 9.08. The maximum atomic E-state index is 13.4. The number of nitrogens with one attached hydrogen (secondary N) is 1. The highest BCUT2D eigenvalue weighted by Crippen LogP contribution is 2.17. The Morgan fingerprint density at radius 2 is 1.89 bits per heavy atom. The molecule has 0 heterocycles. The summed E-state index contributed by atoms with van der Waals surface area (Å²) in [5, 5.41) is 2.80. The average molecular weight is 262 g/mol. The maximum Gasteiger partial charge on any atom is 0.249 e. The van der Waals surface area contributed by atoms with Crippen molar-refractivity contribution in [3.8, 4) is 0 Å². The van der Waals surface area contributed by atoms with Gasteiger partial charge in [0.15, 0.2) is 0 Å². The van der Waals surface area contributed by atoms with Crippen molar-refractivity contribution in [3.63, 3.8) is 0 Å². The standard InChI is InChI=1S/C14H12F2N2O/c15-10-5-6-13(12(16)7-10)18-8-9-3-1-2-4-11(9)14(17)19/h1-7,18H,8H2,(H2,17,19). The molecule has 2 rings (SSSR count). The summed E-state index contributed by atoms with van der Waals surface area (Å²) in [7, 11) is 0. The summed E-state index contributed by atoms with van der Waals surface area (Å²) in [5.41, 5.74) is 6.43. The van der Waals surface area contributed by atoms with E-state index in [1.54, 1.807) is 24.3 Å². The zero-order valence-electron chi connectivity index (χ0n) is 9.99. The first kappa shape index (κ1) is 13.0. The molecule has 0 saturated heterocycles. The van der Waals surface area contributed by atoms with Crippen LogP contribution in [-0.2, 0) is 6.54 Å². The van der Waals surface area contributed by atoms with Gasteiger partial charge in [0.25, 0.3) is 0 Å². The summed E-state index contributed by atoms with van der Waals surface area (Å²) in [6.45, 7) is 0.224. The Kier molecular flexibility index (Phi) is 3.75. The molecule has 5 heteroatoms. The van der Waals surface area contributed by atoms with Gasteiger partial charge in [-0.1, -0.05) is 18.2 Å². The molecule has 0 aliphatic carbocycles. The number of halogens is 2. The number of benzene rings is 2. The minimum atomic E-state index is -0.684. The number of nitrogens with two attached hydrogens (primary N) is 1. The van der Waals surface area contributed by atoms with E-state index in [4.69, 9.17) is 5.73 Å². The van der Waals surface area contributed by atoms with Gasteiger partial charge in [0.2, 0.25) is 5.91 Å². The average Bonchev–Trinajstić information content (AvgIpc) is 2.38. The van der Waals surface area contributed by atoms with Gasteiger partial charge in [-0.25, -0.2) is 8.78 Å². The second-order valence-corrected chi connectivity index (χ2v) is 4.00. The van der Waals surface area contributed by atoms with Crippen molar-refractivity contribution in [2.45, 2.75) is 6.54 Å². The SMILES string of the molecule is NC(=O)c1ccccc1CNc1ccc(F)cc1F. The lowest BCUT2D eigenvalue weighted by atomic mass is 10.1. The Bertz CT molecular complexity index is 614. The molecule has 0 aliphatic heterocycles. The number of carbonyl (C=O) groups is 1. The van der Waals surface area contributed by atoms with Gasteiger partial charge in [0, 0.05) is 18.2 Å². The Hall–Kier alpha value is -2.43. The lowest BCUT2D eigenvalue weighted by Gasteiger charge is -2.10. The number of rotatable bonds is 4. The van der Waals surface area contributed by atoms with Gasteiger partial charge < -0.3 is 11.1 Å². The van der Waals surface area contributed by atoms with Crippen LogP contribution in [0.1, 0.15) is 15.9 Å². The number of anilines is 1. The van der Waals surface area contributed by atoms with Crippen LogP contribution in [0.25, 0.3) is 0 Å². The molecular formula is C14H12F2N2O. The third kappa shape index (κ3) is 3.07. The molecule has 0 fully saturated rings. The van der Waals surface area contributed by atoms with E-state index in [0.717, 1.165) is 12.1 Å². The fraction of sp³-hybridized carbons (Fsp3) is 0.0714. The van der Waals surface area contributed by atoms with E-state index in [2.05, 4.69) is 5.32 Å². The Balaban J connectivity index is 2.17. The van der Waals surface area contributed by atoms with E-state index < -0.39 is 17.5 Å². The molecule has 19 heavy (non-hydrogen) atoms. The van der Waals surface area contributed by atoms with Crippen LogP contribution in [0, 0.1) is 11.6 Å². The van der Waals surface area contributed by atoms with Gasteiger partial charge in [0.05, 0.1) is 5.69 Å². The van der Waals surface area contributed by atoms with E-state index in [-0.39, 0.29) is 12.2 Å². The highest BCUT2D eigenvalue weighted by molar-refractivity contribution is 5.94. The molecule has 0 saturated carbocycles. The topological polar surface area (TPSA) is 55.1 Å². The molecule has 0 aliphatic rings. The van der Waals surface area contributed by atoms with Crippen molar-refractivity contribution >= 4 is 11.6 Å².